The summed E-state index contributed by atoms with van der Waals surface area (Å²) in [5, 5.41) is 8.07. The summed E-state index contributed by atoms with van der Waals surface area (Å²) in [5.41, 5.74) is 5.13. The lowest BCUT2D eigenvalue weighted by Crippen LogP contribution is -2.23. The molecule has 28 heavy (non-hydrogen) atoms. The minimum absolute atomic E-state index is 0.197. The van der Waals surface area contributed by atoms with Crippen molar-refractivity contribution in [2.24, 2.45) is 7.05 Å². The number of hydrogen-bond acceptors (Lipinski definition) is 4. The fourth-order valence-corrected chi connectivity index (χ4v) is 3.79. The van der Waals surface area contributed by atoms with Crippen molar-refractivity contribution in [1.82, 2.24) is 19.7 Å². The van der Waals surface area contributed by atoms with Crippen LogP contribution in [0.15, 0.2) is 59.7 Å². The molecule has 0 saturated carbocycles. The van der Waals surface area contributed by atoms with Gasteiger partial charge < -0.3 is 9.47 Å². The first-order valence-electron chi connectivity index (χ1n) is 9.48. The highest BCUT2D eigenvalue weighted by Gasteiger charge is 2.22. The van der Waals surface area contributed by atoms with Gasteiger partial charge in [0.2, 0.25) is 0 Å². The molecule has 0 atom stereocenters. The molecule has 0 fully saturated rings. The molecule has 4 aromatic rings. The SMILES string of the molecule is CCN(CC)c1c(-c2cc(-c3ccncc3)n[nH]c2=O)n(C)c2ccccc12. The van der Waals surface area contributed by atoms with E-state index in [1.165, 1.54) is 0 Å². The van der Waals surface area contributed by atoms with Gasteiger partial charge in [-0.05, 0) is 38.1 Å². The van der Waals surface area contributed by atoms with E-state index in [1.807, 2.05) is 37.4 Å². The molecule has 0 unspecified atom stereocenters. The zero-order valence-electron chi connectivity index (χ0n) is 16.3. The number of hydrogen-bond donors (Lipinski definition) is 1. The van der Waals surface area contributed by atoms with E-state index in [0.29, 0.717) is 11.3 Å². The number of aromatic amines is 1. The molecule has 3 heterocycles. The van der Waals surface area contributed by atoms with Crippen LogP contribution in [0.3, 0.4) is 0 Å². The molecule has 4 rings (SSSR count). The van der Waals surface area contributed by atoms with Crippen LogP contribution in [0.4, 0.5) is 5.69 Å². The van der Waals surface area contributed by atoms with Gasteiger partial charge in [0.1, 0.15) is 0 Å². The Morgan fingerprint density at radius 3 is 2.50 bits per heavy atom. The zero-order chi connectivity index (χ0) is 19.7. The van der Waals surface area contributed by atoms with Crippen LogP contribution in [0.2, 0.25) is 0 Å². The van der Waals surface area contributed by atoms with Crippen molar-refractivity contribution in [2.45, 2.75) is 13.8 Å². The molecule has 3 aromatic heterocycles. The Morgan fingerprint density at radius 1 is 1.07 bits per heavy atom. The molecular formula is C22H23N5O. The van der Waals surface area contributed by atoms with E-state index < -0.39 is 0 Å². The molecule has 0 saturated heterocycles. The van der Waals surface area contributed by atoms with E-state index in [0.717, 1.165) is 40.9 Å². The van der Waals surface area contributed by atoms with E-state index in [9.17, 15) is 4.79 Å². The summed E-state index contributed by atoms with van der Waals surface area (Å²) in [7, 11) is 2.01. The molecule has 1 N–H and O–H groups in total. The van der Waals surface area contributed by atoms with Crippen molar-refractivity contribution in [3.8, 4) is 22.5 Å². The standard InChI is InChI=1S/C22H23N5O/c1-4-27(5-2)21-16-8-6-7-9-19(16)26(3)20(21)17-14-18(24-25-22(17)28)15-10-12-23-13-11-15/h6-14H,4-5H2,1-3H3,(H,25,28). The highest BCUT2D eigenvalue weighted by Crippen LogP contribution is 2.39. The smallest absolute Gasteiger partial charge is 0.273 e. The average Bonchev–Trinajstić information content (AvgIpc) is 3.03. The molecule has 142 valence electrons. The minimum atomic E-state index is -0.197. The molecule has 0 radical (unpaired) electrons. The van der Waals surface area contributed by atoms with Crippen LogP contribution < -0.4 is 10.5 Å². The fourth-order valence-electron chi connectivity index (χ4n) is 3.79. The number of pyridine rings is 1. The maximum atomic E-state index is 12.8. The largest absolute Gasteiger partial charge is 0.370 e. The van der Waals surface area contributed by atoms with E-state index in [4.69, 9.17) is 0 Å². The summed E-state index contributed by atoms with van der Waals surface area (Å²) in [6.07, 6.45) is 3.44. The summed E-state index contributed by atoms with van der Waals surface area (Å²) in [5.74, 6) is 0. The summed E-state index contributed by atoms with van der Waals surface area (Å²) < 4.78 is 2.10. The molecule has 0 aliphatic rings. The maximum Gasteiger partial charge on any atom is 0.273 e. The number of rotatable bonds is 5. The predicted molar refractivity (Wildman–Crippen MR) is 114 cm³/mol. The number of nitrogens with zero attached hydrogens (tertiary/aromatic N) is 4. The molecule has 6 nitrogen and oxygen atoms in total. The number of fused-ring (bicyclic) bond motifs is 1. The second kappa shape index (κ2) is 7.31. The lowest BCUT2D eigenvalue weighted by molar-refractivity contribution is 0.863. The first-order valence-corrected chi connectivity index (χ1v) is 9.48. The number of H-pyrrole nitrogens is 1. The Hall–Kier alpha value is -3.41. The van der Waals surface area contributed by atoms with Gasteiger partial charge in [-0.3, -0.25) is 9.78 Å². The van der Waals surface area contributed by atoms with Crippen LogP contribution in [0.25, 0.3) is 33.4 Å². The number of anilines is 1. The number of para-hydroxylation sites is 1. The van der Waals surface area contributed by atoms with Gasteiger partial charge in [0, 0.05) is 43.5 Å². The van der Waals surface area contributed by atoms with Crippen molar-refractivity contribution >= 4 is 16.6 Å². The quantitative estimate of drug-likeness (QED) is 0.577. The van der Waals surface area contributed by atoms with Gasteiger partial charge in [-0.25, -0.2) is 5.10 Å². The normalized spacial score (nSPS) is 11.1. The molecule has 0 bridgehead atoms. The van der Waals surface area contributed by atoms with Crippen LogP contribution in [0, 0.1) is 0 Å². The zero-order valence-corrected chi connectivity index (χ0v) is 16.3. The second-order valence-corrected chi connectivity index (χ2v) is 6.68. The second-order valence-electron chi connectivity index (χ2n) is 6.68. The molecule has 0 aliphatic carbocycles. The Balaban J connectivity index is 2.03. The lowest BCUT2D eigenvalue weighted by atomic mass is 10.1. The minimum Gasteiger partial charge on any atom is -0.370 e. The van der Waals surface area contributed by atoms with Crippen molar-refractivity contribution in [3.05, 3.63) is 65.2 Å². The van der Waals surface area contributed by atoms with Crippen molar-refractivity contribution in [1.29, 1.82) is 0 Å². The molecule has 0 amide bonds. The van der Waals surface area contributed by atoms with Gasteiger partial charge in [0.25, 0.3) is 5.56 Å². The van der Waals surface area contributed by atoms with Crippen LogP contribution in [-0.4, -0.2) is 32.8 Å². The Labute approximate surface area is 163 Å². The summed E-state index contributed by atoms with van der Waals surface area (Å²) >= 11 is 0. The first-order chi connectivity index (χ1) is 13.7. The van der Waals surface area contributed by atoms with E-state index >= 15 is 0 Å². The van der Waals surface area contributed by atoms with Crippen LogP contribution in [0.5, 0.6) is 0 Å². The highest BCUT2D eigenvalue weighted by molar-refractivity contribution is 6.02. The fraction of sp³-hybridized carbons (Fsp3) is 0.227. The summed E-state index contributed by atoms with van der Waals surface area (Å²) in [6, 6.07) is 13.9. The molecule has 1 aromatic carbocycles. The Kier molecular flexibility index (Phi) is 4.69. The monoisotopic (exact) mass is 373 g/mol. The van der Waals surface area contributed by atoms with Crippen molar-refractivity contribution in [3.63, 3.8) is 0 Å². The lowest BCUT2D eigenvalue weighted by Gasteiger charge is -2.22. The van der Waals surface area contributed by atoms with Gasteiger partial charge in [0.05, 0.1) is 28.2 Å². The Morgan fingerprint density at radius 2 is 1.79 bits per heavy atom. The summed E-state index contributed by atoms with van der Waals surface area (Å²) in [4.78, 5) is 19.2. The third kappa shape index (κ3) is 2.87. The number of nitrogens with one attached hydrogen (secondary N) is 1. The predicted octanol–water partition coefficient (Wildman–Crippen LogP) is 3.84. The number of benzene rings is 1. The van der Waals surface area contributed by atoms with Crippen LogP contribution in [-0.2, 0) is 7.05 Å². The average molecular weight is 373 g/mol. The van der Waals surface area contributed by atoms with E-state index in [1.54, 1.807) is 12.4 Å². The van der Waals surface area contributed by atoms with Gasteiger partial charge in [-0.1, -0.05) is 18.2 Å². The van der Waals surface area contributed by atoms with Crippen molar-refractivity contribution in [2.75, 3.05) is 18.0 Å². The maximum absolute atomic E-state index is 12.8. The molecule has 6 heteroatoms. The van der Waals surface area contributed by atoms with Gasteiger partial charge >= 0.3 is 0 Å². The molecule has 0 aliphatic heterocycles. The van der Waals surface area contributed by atoms with E-state index in [2.05, 4.69) is 50.6 Å². The third-order valence-electron chi connectivity index (χ3n) is 5.19. The van der Waals surface area contributed by atoms with Gasteiger partial charge in [-0.2, -0.15) is 5.10 Å². The first kappa shape index (κ1) is 18.0. The van der Waals surface area contributed by atoms with Gasteiger partial charge in [0.15, 0.2) is 0 Å². The summed E-state index contributed by atoms with van der Waals surface area (Å²) in [6.45, 7) is 5.98. The number of aromatic nitrogens is 4. The van der Waals surface area contributed by atoms with E-state index in [-0.39, 0.29) is 5.56 Å². The highest BCUT2D eigenvalue weighted by atomic mass is 16.1. The van der Waals surface area contributed by atoms with Gasteiger partial charge in [-0.15, -0.1) is 0 Å². The topological polar surface area (TPSA) is 66.8 Å². The van der Waals surface area contributed by atoms with Crippen LogP contribution in [0.1, 0.15) is 13.8 Å². The van der Waals surface area contributed by atoms with Crippen molar-refractivity contribution < 1.29 is 0 Å². The van der Waals surface area contributed by atoms with Crippen LogP contribution >= 0.6 is 0 Å². The third-order valence-corrected chi connectivity index (χ3v) is 5.19. The molecular weight excluding hydrogens is 350 g/mol. The Bertz CT molecular complexity index is 1170. The molecule has 0 spiro atoms. The number of aryl methyl sites for hydroxylation is 1.